The number of aryl methyl sites for hydroxylation is 2. The highest BCUT2D eigenvalue weighted by Crippen LogP contribution is 2.27. The molecule has 0 aliphatic heterocycles. The van der Waals surface area contributed by atoms with E-state index in [-0.39, 0.29) is 12.3 Å². The first-order valence-electron chi connectivity index (χ1n) is 7.45. The van der Waals surface area contributed by atoms with Crippen molar-refractivity contribution in [3.05, 3.63) is 39.8 Å². The number of nitrogens with two attached hydrogens (primary N) is 1. The SMILES string of the molecule is Cc1cccc2sc(NC(=O)Cc3csc(CCCN)n3)nc12. The number of nitrogens with one attached hydrogen (secondary N) is 1. The molecule has 120 valence electrons. The van der Waals surface area contributed by atoms with E-state index in [9.17, 15) is 4.79 Å². The number of fused-ring (bicyclic) bond motifs is 1. The lowest BCUT2D eigenvalue weighted by Gasteiger charge is -1.99. The standard InChI is InChI=1S/C16H18N4OS2/c1-10-4-2-5-12-15(10)20-16(23-12)19-13(21)8-11-9-22-14(18-11)6-3-7-17/h2,4-5,9H,3,6-8,17H2,1H3,(H,19,20,21). The van der Waals surface area contributed by atoms with Gasteiger partial charge in [0.2, 0.25) is 5.91 Å². The van der Waals surface area contributed by atoms with Crippen LogP contribution in [0.5, 0.6) is 0 Å². The Balaban J connectivity index is 1.64. The summed E-state index contributed by atoms with van der Waals surface area (Å²) in [5.74, 6) is -0.0858. The molecule has 1 aromatic carbocycles. The van der Waals surface area contributed by atoms with Crippen molar-refractivity contribution in [1.29, 1.82) is 0 Å². The highest BCUT2D eigenvalue weighted by Gasteiger charge is 2.11. The summed E-state index contributed by atoms with van der Waals surface area (Å²) in [5, 5.41) is 6.48. The first-order valence-corrected chi connectivity index (χ1v) is 9.14. The molecule has 2 heterocycles. The van der Waals surface area contributed by atoms with E-state index in [2.05, 4.69) is 15.3 Å². The molecule has 0 saturated carbocycles. The van der Waals surface area contributed by atoms with Gasteiger partial charge in [0.25, 0.3) is 0 Å². The van der Waals surface area contributed by atoms with Crippen LogP contribution in [0.4, 0.5) is 5.13 Å². The van der Waals surface area contributed by atoms with Gasteiger partial charge in [0.15, 0.2) is 5.13 Å². The molecule has 0 bridgehead atoms. The fourth-order valence-corrected chi connectivity index (χ4v) is 4.07. The number of benzene rings is 1. The Hall–Kier alpha value is -1.83. The Kier molecular flexibility index (Phi) is 5.00. The highest BCUT2D eigenvalue weighted by atomic mass is 32.1. The lowest BCUT2D eigenvalue weighted by Crippen LogP contribution is -2.14. The third-order valence-corrected chi connectivity index (χ3v) is 5.30. The number of nitrogens with zero attached hydrogens (tertiary/aromatic N) is 2. The molecule has 1 amide bonds. The third-order valence-electron chi connectivity index (χ3n) is 3.40. The van der Waals surface area contributed by atoms with E-state index in [1.54, 1.807) is 11.3 Å². The predicted molar refractivity (Wildman–Crippen MR) is 96.2 cm³/mol. The molecule has 7 heteroatoms. The van der Waals surface area contributed by atoms with E-state index >= 15 is 0 Å². The Morgan fingerprint density at radius 2 is 2.22 bits per heavy atom. The molecule has 0 saturated heterocycles. The van der Waals surface area contributed by atoms with Gasteiger partial charge in [-0.05, 0) is 31.5 Å². The van der Waals surface area contributed by atoms with Crippen LogP contribution in [0.25, 0.3) is 10.2 Å². The minimum Gasteiger partial charge on any atom is -0.330 e. The number of thiazole rings is 2. The van der Waals surface area contributed by atoms with E-state index in [4.69, 9.17) is 5.73 Å². The van der Waals surface area contributed by atoms with Crippen molar-refractivity contribution < 1.29 is 4.79 Å². The van der Waals surface area contributed by atoms with Crippen LogP contribution in [-0.2, 0) is 17.6 Å². The molecule has 0 atom stereocenters. The van der Waals surface area contributed by atoms with Crippen molar-refractivity contribution in [2.75, 3.05) is 11.9 Å². The highest BCUT2D eigenvalue weighted by molar-refractivity contribution is 7.22. The van der Waals surface area contributed by atoms with Crippen LogP contribution in [0.15, 0.2) is 23.6 Å². The molecule has 0 spiro atoms. The average molecular weight is 346 g/mol. The van der Waals surface area contributed by atoms with Crippen molar-refractivity contribution in [2.24, 2.45) is 5.73 Å². The molecule has 3 aromatic rings. The fraction of sp³-hybridized carbons (Fsp3) is 0.312. The first kappa shape index (κ1) is 16.0. The monoisotopic (exact) mass is 346 g/mol. The van der Waals surface area contributed by atoms with Crippen molar-refractivity contribution in [3.63, 3.8) is 0 Å². The number of amides is 1. The molecule has 2 aromatic heterocycles. The minimum atomic E-state index is -0.0858. The van der Waals surface area contributed by atoms with E-state index in [0.717, 1.165) is 39.3 Å². The van der Waals surface area contributed by atoms with Crippen LogP contribution in [0.2, 0.25) is 0 Å². The van der Waals surface area contributed by atoms with Gasteiger partial charge in [-0.25, -0.2) is 9.97 Å². The zero-order valence-corrected chi connectivity index (χ0v) is 14.5. The molecule has 0 unspecified atom stereocenters. The number of carbonyl (C=O) groups is 1. The van der Waals surface area contributed by atoms with Gasteiger partial charge in [-0.15, -0.1) is 11.3 Å². The van der Waals surface area contributed by atoms with Crippen molar-refractivity contribution >= 4 is 43.9 Å². The van der Waals surface area contributed by atoms with Crippen LogP contribution in [-0.4, -0.2) is 22.4 Å². The molecule has 5 nitrogen and oxygen atoms in total. The lowest BCUT2D eigenvalue weighted by atomic mass is 10.2. The quantitative estimate of drug-likeness (QED) is 0.718. The fourth-order valence-electron chi connectivity index (χ4n) is 2.27. The third kappa shape index (κ3) is 3.93. The molecule has 0 radical (unpaired) electrons. The van der Waals surface area contributed by atoms with Gasteiger partial charge in [-0.1, -0.05) is 23.5 Å². The van der Waals surface area contributed by atoms with Gasteiger partial charge in [-0.2, -0.15) is 0 Å². The van der Waals surface area contributed by atoms with Gasteiger partial charge >= 0.3 is 0 Å². The van der Waals surface area contributed by atoms with Crippen LogP contribution in [0, 0.1) is 6.92 Å². The molecule has 23 heavy (non-hydrogen) atoms. The molecule has 3 rings (SSSR count). The summed E-state index contributed by atoms with van der Waals surface area (Å²) in [6.45, 7) is 2.68. The van der Waals surface area contributed by atoms with Crippen molar-refractivity contribution in [1.82, 2.24) is 9.97 Å². The van der Waals surface area contributed by atoms with Crippen molar-refractivity contribution in [2.45, 2.75) is 26.2 Å². The number of aromatic nitrogens is 2. The van der Waals surface area contributed by atoms with E-state index in [0.29, 0.717) is 11.7 Å². The molecular weight excluding hydrogens is 328 g/mol. The zero-order valence-electron chi connectivity index (χ0n) is 12.8. The van der Waals surface area contributed by atoms with Gasteiger partial charge < -0.3 is 11.1 Å². The van der Waals surface area contributed by atoms with Gasteiger partial charge in [-0.3, -0.25) is 4.79 Å². The van der Waals surface area contributed by atoms with Crippen LogP contribution < -0.4 is 11.1 Å². The largest absolute Gasteiger partial charge is 0.330 e. The Bertz CT molecular complexity index is 824. The van der Waals surface area contributed by atoms with E-state index in [1.165, 1.54) is 11.3 Å². The van der Waals surface area contributed by atoms with Gasteiger partial charge in [0, 0.05) is 11.8 Å². The number of hydrogen-bond donors (Lipinski definition) is 2. The smallest absolute Gasteiger partial charge is 0.232 e. The number of anilines is 1. The maximum Gasteiger partial charge on any atom is 0.232 e. The minimum absolute atomic E-state index is 0.0858. The van der Waals surface area contributed by atoms with Gasteiger partial charge in [0.05, 0.1) is 27.3 Å². The summed E-state index contributed by atoms with van der Waals surface area (Å²) in [4.78, 5) is 21.1. The van der Waals surface area contributed by atoms with Crippen LogP contribution >= 0.6 is 22.7 Å². The van der Waals surface area contributed by atoms with E-state index < -0.39 is 0 Å². The second-order valence-corrected chi connectivity index (χ2v) is 7.26. The summed E-state index contributed by atoms with van der Waals surface area (Å²) in [7, 11) is 0. The summed E-state index contributed by atoms with van der Waals surface area (Å²) in [6.07, 6.45) is 2.07. The van der Waals surface area contributed by atoms with Crippen LogP contribution in [0.1, 0.15) is 22.7 Å². The lowest BCUT2D eigenvalue weighted by molar-refractivity contribution is -0.115. The topological polar surface area (TPSA) is 80.9 Å². The van der Waals surface area contributed by atoms with Gasteiger partial charge in [0.1, 0.15) is 0 Å². The Morgan fingerprint density at radius 3 is 3.00 bits per heavy atom. The predicted octanol–water partition coefficient (Wildman–Crippen LogP) is 3.13. The number of para-hydroxylation sites is 1. The van der Waals surface area contributed by atoms with E-state index in [1.807, 2.05) is 30.5 Å². The number of hydrogen-bond acceptors (Lipinski definition) is 6. The molecule has 0 aliphatic carbocycles. The average Bonchev–Trinajstić information content (AvgIpc) is 3.12. The molecule has 0 aliphatic rings. The summed E-state index contributed by atoms with van der Waals surface area (Å²) < 4.78 is 1.08. The second kappa shape index (κ2) is 7.16. The summed E-state index contributed by atoms with van der Waals surface area (Å²) in [5.41, 5.74) is 8.37. The Morgan fingerprint density at radius 1 is 1.35 bits per heavy atom. The number of rotatable bonds is 6. The molecule has 3 N–H and O–H groups in total. The normalized spacial score (nSPS) is 11.0. The zero-order chi connectivity index (χ0) is 16.2. The number of carbonyl (C=O) groups excluding carboxylic acids is 1. The maximum atomic E-state index is 12.2. The maximum absolute atomic E-state index is 12.2. The Labute approximate surface area is 142 Å². The van der Waals surface area contributed by atoms with Crippen molar-refractivity contribution in [3.8, 4) is 0 Å². The van der Waals surface area contributed by atoms with Crippen LogP contribution in [0.3, 0.4) is 0 Å². The first-order chi connectivity index (χ1) is 11.2. The molecule has 0 fully saturated rings. The summed E-state index contributed by atoms with van der Waals surface area (Å²) in [6, 6.07) is 6.03. The second-order valence-electron chi connectivity index (χ2n) is 5.29. The summed E-state index contributed by atoms with van der Waals surface area (Å²) >= 11 is 3.08. The molecular formula is C16H18N4OS2.